The van der Waals surface area contributed by atoms with Gasteiger partial charge in [-0.3, -0.25) is 0 Å². The smallest absolute Gasteiger partial charge is 0.144 e. The highest BCUT2D eigenvalue weighted by atomic mass is 79.9. The summed E-state index contributed by atoms with van der Waals surface area (Å²) in [6.45, 7) is 8.95. The molecule has 1 aromatic rings. The molecule has 1 aliphatic carbocycles. The summed E-state index contributed by atoms with van der Waals surface area (Å²) in [7, 11) is 1.92. The van der Waals surface area contributed by atoms with Crippen LogP contribution in [0.1, 0.15) is 70.8 Å². The van der Waals surface area contributed by atoms with Crippen molar-refractivity contribution in [2.45, 2.75) is 64.7 Å². The highest BCUT2D eigenvalue weighted by Gasteiger charge is 2.27. The average molecular weight is 340 g/mol. The molecule has 0 spiro atoms. The maximum atomic E-state index is 4.90. The zero-order valence-electron chi connectivity index (χ0n) is 13.3. The lowest BCUT2D eigenvalue weighted by atomic mass is 9.82. The highest BCUT2D eigenvalue weighted by molar-refractivity contribution is 9.10. The number of hydrogen-bond donors (Lipinski definition) is 1. The predicted octanol–water partition coefficient (Wildman–Crippen LogP) is 4.87. The Balaban J connectivity index is 2.39. The van der Waals surface area contributed by atoms with Crippen LogP contribution < -0.4 is 5.32 Å². The molecule has 3 nitrogen and oxygen atoms in total. The van der Waals surface area contributed by atoms with Gasteiger partial charge in [0.1, 0.15) is 11.6 Å². The minimum absolute atomic E-state index is 0.0179. The lowest BCUT2D eigenvalue weighted by Gasteiger charge is -2.27. The molecule has 0 saturated heterocycles. The first-order chi connectivity index (χ1) is 9.32. The Labute approximate surface area is 131 Å². The van der Waals surface area contributed by atoms with Crippen molar-refractivity contribution in [2.24, 2.45) is 5.92 Å². The number of rotatable bonds is 2. The summed E-state index contributed by atoms with van der Waals surface area (Å²) in [5, 5.41) is 3.20. The molecule has 1 fully saturated rings. The Morgan fingerprint density at radius 2 is 1.70 bits per heavy atom. The van der Waals surface area contributed by atoms with Crippen LogP contribution in [-0.4, -0.2) is 17.0 Å². The molecule has 1 N–H and O–H groups in total. The minimum Gasteiger partial charge on any atom is -0.372 e. The Hall–Kier alpha value is -0.640. The second kappa shape index (κ2) is 6.00. The molecule has 0 radical (unpaired) electrons. The number of nitrogens with one attached hydrogen (secondary N) is 1. The lowest BCUT2D eigenvalue weighted by molar-refractivity contribution is 0.338. The summed E-state index contributed by atoms with van der Waals surface area (Å²) < 4.78 is 1.00. The van der Waals surface area contributed by atoms with Crippen LogP contribution in [-0.2, 0) is 5.41 Å². The van der Waals surface area contributed by atoms with E-state index in [1.165, 1.54) is 25.7 Å². The second-order valence-electron chi connectivity index (χ2n) is 7.05. The number of aromatic nitrogens is 2. The zero-order chi connectivity index (χ0) is 14.9. The number of hydrogen-bond acceptors (Lipinski definition) is 3. The Bertz CT molecular complexity index is 471. The van der Waals surface area contributed by atoms with Crippen molar-refractivity contribution in [1.29, 1.82) is 0 Å². The Morgan fingerprint density at radius 1 is 1.10 bits per heavy atom. The number of nitrogens with zero attached hydrogens (tertiary/aromatic N) is 2. The quantitative estimate of drug-likeness (QED) is 0.834. The topological polar surface area (TPSA) is 37.8 Å². The van der Waals surface area contributed by atoms with Crippen molar-refractivity contribution in [3.8, 4) is 0 Å². The molecule has 20 heavy (non-hydrogen) atoms. The third kappa shape index (κ3) is 3.33. The fourth-order valence-corrected chi connectivity index (χ4v) is 3.80. The van der Waals surface area contributed by atoms with Gasteiger partial charge in [0, 0.05) is 18.4 Å². The van der Waals surface area contributed by atoms with E-state index in [4.69, 9.17) is 9.97 Å². The average Bonchev–Trinajstić information content (AvgIpc) is 2.38. The molecule has 0 bridgehead atoms. The van der Waals surface area contributed by atoms with Gasteiger partial charge in [-0.2, -0.15) is 0 Å². The van der Waals surface area contributed by atoms with Gasteiger partial charge in [-0.1, -0.05) is 40.5 Å². The maximum absolute atomic E-state index is 4.90. The van der Waals surface area contributed by atoms with E-state index in [-0.39, 0.29) is 5.41 Å². The standard InChI is InChI=1S/C16H26BrN3/c1-10-6-8-11(9-7-10)14-19-13(16(2,3)4)12(17)15(18-5)20-14/h10-11H,6-9H2,1-5H3,(H,18,19,20). The van der Waals surface area contributed by atoms with E-state index in [9.17, 15) is 0 Å². The van der Waals surface area contributed by atoms with Gasteiger partial charge in [0.25, 0.3) is 0 Å². The summed E-state index contributed by atoms with van der Waals surface area (Å²) in [5.41, 5.74) is 1.12. The van der Waals surface area contributed by atoms with Crippen LogP contribution in [0.25, 0.3) is 0 Å². The summed E-state index contributed by atoms with van der Waals surface area (Å²) in [6, 6.07) is 0. The first-order valence-electron chi connectivity index (χ1n) is 7.58. The minimum atomic E-state index is 0.0179. The largest absolute Gasteiger partial charge is 0.372 e. The normalized spacial score (nSPS) is 23.7. The van der Waals surface area contributed by atoms with E-state index >= 15 is 0 Å². The zero-order valence-corrected chi connectivity index (χ0v) is 14.8. The van der Waals surface area contributed by atoms with Gasteiger partial charge in [-0.25, -0.2) is 9.97 Å². The van der Waals surface area contributed by atoms with Crippen molar-refractivity contribution in [3.05, 3.63) is 16.0 Å². The van der Waals surface area contributed by atoms with Crippen molar-refractivity contribution < 1.29 is 0 Å². The van der Waals surface area contributed by atoms with Crippen molar-refractivity contribution in [2.75, 3.05) is 12.4 Å². The molecule has 0 aliphatic heterocycles. The molecule has 1 heterocycles. The molecular weight excluding hydrogens is 314 g/mol. The summed E-state index contributed by atoms with van der Waals surface area (Å²) in [6.07, 6.45) is 5.03. The molecule has 2 rings (SSSR count). The molecule has 1 aliphatic rings. The fraction of sp³-hybridized carbons (Fsp3) is 0.750. The van der Waals surface area contributed by atoms with Gasteiger partial charge in [0.05, 0.1) is 10.2 Å². The van der Waals surface area contributed by atoms with E-state index in [2.05, 4.69) is 48.9 Å². The van der Waals surface area contributed by atoms with Gasteiger partial charge in [-0.15, -0.1) is 0 Å². The van der Waals surface area contributed by atoms with E-state index in [0.29, 0.717) is 5.92 Å². The monoisotopic (exact) mass is 339 g/mol. The van der Waals surface area contributed by atoms with Gasteiger partial charge in [0.2, 0.25) is 0 Å². The van der Waals surface area contributed by atoms with Crippen LogP contribution in [0.5, 0.6) is 0 Å². The lowest BCUT2D eigenvalue weighted by Crippen LogP contribution is -2.20. The predicted molar refractivity (Wildman–Crippen MR) is 88.4 cm³/mol. The fourth-order valence-electron chi connectivity index (χ4n) is 2.83. The molecule has 4 heteroatoms. The Kier molecular flexibility index (Phi) is 4.73. The Morgan fingerprint density at radius 3 is 2.20 bits per heavy atom. The summed E-state index contributed by atoms with van der Waals surface area (Å²) >= 11 is 3.66. The van der Waals surface area contributed by atoms with Crippen LogP contribution in [0, 0.1) is 5.92 Å². The SMILES string of the molecule is CNc1nc(C2CCC(C)CC2)nc(C(C)(C)C)c1Br. The van der Waals surface area contributed by atoms with E-state index in [0.717, 1.165) is 27.7 Å². The molecule has 112 valence electrons. The van der Waals surface area contributed by atoms with Gasteiger partial charge in [-0.05, 0) is 34.7 Å². The molecule has 1 saturated carbocycles. The molecule has 0 atom stereocenters. The van der Waals surface area contributed by atoms with Crippen LogP contribution >= 0.6 is 15.9 Å². The van der Waals surface area contributed by atoms with Gasteiger partial charge < -0.3 is 5.32 Å². The van der Waals surface area contributed by atoms with Crippen LogP contribution in [0.4, 0.5) is 5.82 Å². The van der Waals surface area contributed by atoms with E-state index in [1.807, 2.05) is 7.05 Å². The molecule has 0 aromatic carbocycles. The molecule has 1 aromatic heterocycles. The molecule has 0 amide bonds. The van der Waals surface area contributed by atoms with Gasteiger partial charge in [0.15, 0.2) is 0 Å². The van der Waals surface area contributed by atoms with Crippen LogP contribution in [0.3, 0.4) is 0 Å². The third-order valence-electron chi connectivity index (χ3n) is 4.20. The number of halogens is 1. The summed E-state index contributed by atoms with van der Waals surface area (Å²) in [5.74, 6) is 3.31. The molecular formula is C16H26BrN3. The first kappa shape index (κ1) is 15.7. The molecule has 0 unspecified atom stereocenters. The van der Waals surface area contributed by atoms with E-state index in [1.54, 1.807) is 0 Å². The second-order valence-corrected chi connectivity index (χ2v) is 7.84. The first-order valence-corrected chi connectivity index (χ1v) is 8.38. The summed E-state index contributed by atoms with van der Waals surface area (Å²) in [4.78, 5) is 9.65. The maximum Gasteiger partial charge on any atom is 0.144 e. The van der Waals surface area contributed by atoms with E-state index < -0.39 is 0 Å². The number of anilines is 1. The van der Waals surface area contributed by atoms with Crippen molar-refractivity contribution >= 4 is 21.7 Å². The van der Waals surface area contributed by atoms with Crippen molar-refractivity contribution in [1.82, 2.24) is 9.97 Å². The van der Waals surface area contributed by atoms with Gasteiger partial charge >= 0.3 is 0 Å². The van der Waals surface area contributed by atoms with Crippen molar-refractivity contribution in [3.63, 3.8) is 0 Å². The van der Waals surface area contributed by atoms with Crippen LogP contribution in [0.2, 0.25) is 0 Å². The highest BCUT2D eigenvalue weighted by Crippen LogP contribution is 2.38. The third-order valence-corrected chi connectivity index (χ3v) is 4.95. The van der Waals surface area contributed by atoms with Crippen LogP contribution in [0.15, 0.2) is 4.47 Å².